The van der Waals surface area contributed by atoms with E-state index in [1.807, 2.05) is 31.2 Å². The van der Waals surface area contributed by atoms with Crippen molar-refractivity contribution < 1.29 is 9.59 Å². The highest BCUT2D eigenvalue weighted by atomic mass is 16.2. The van der Waals surface area contributed by atoms with Crippen molar-refractivity contribution in [2.24, 2.45) is 11.8 Å². The molecule has 0 saturated carbocycles. The molecule has 1 aliphatic heterocycles. The number of benzene rings is 1. The summed E-state index contributed by atoms with van der Waals surface area (Å²) in [7, 11) is 0. The minimum Gasteiger partial charge on any atom is -0.353 e. The minimum absolute atomic E-state index is 0.00831. The average molecular weight is 302 g/mol. The smallest absolute Gasteiger partial charge is 0.227 e. The van der Waals surface area contributed by atoms with Gasteiger partial charge in [-0.3, -0.25) is 9.59 Å². The molecule has 1 fully saturated rings. The summed E-state index contributed by atoms with van der Waals surface area (Å²) in [6, 6.07) is 8.05. The van der Waals surface area contributed by atoms with Gasteiger partial charge in [0, 0.05) is 24.7 Å². The topological polar surface area (TPSA) is 49.4 Å². The van der Waals surface area contributed by atoms with Crippen LogP contribution in [0.5, 0.6) is 0 Å². The summed E-state index contributed by atoms with van der Waals surface area (Å²) in [6.07, 6.45) is 1.18. The van der Waals surface area contributed by atoms with E-state index in [-0.39, 0.29) is 23.8 Å². The van der Waals surface area contributed by atoms with Crippen LogP contribution < -0.4 is 10.2 Å². The van der Waals surface area contributed by atoms with Gasteiger partial charge in [0.15, 0.2) is 0 Å². The zero-order valence-corrected chi connectivity index (χ0v) is 13.9. The summed E-state index contributed by atoms with van der Waals surface area (Å²) in [5, 5.41) is 3.02. The van der Waals surface area contributed by atoms with Crippen LogP contribution in [0.3, 0.4) is 0 Å². The van der Waals surface area contributed by atoms with Crippen LogP contribution in [-0.4, -0.2) is 24.4 Å². The Labute approximate surface area is 132 Å². The van der Waals surface area contributed by atoms with Crippen molar-refractivity contribution in [1.29, 1.82) is 0 Å². The first-order valence-corrected chi connectivity index (χ1v) is 8.12. The van der Waals surface area contributed by atoms with Crippen molar-refractivity contribution in [3.05, 3.63) is 29.8 Å². The number of carbonyl (C=O) groups is 2. The number of carbonyl (C=O) groups excluding carboxylic acids is 2. The maximum Gasteiger partial charge on any atom is 0.227 e. The van der Waals surface area contributed by atoms with E-state index in [4.69, 9.17) is 0 Å². The van der Waals surface area contributed by atoms with Gasteiger partial charge in [-0.05, 0) is 30.9 Å². The van der Waals surface area contributed by atoms with Crippen molar-refractivity contribution >= 4 is 17.5 Å². The number of nitrogens with zero attached hydrogens (tertiary/aromatic N) is 1. The molecule has 0 aromatic heterocycles. The van der Waals surface area contributed by atoms with Crippen LogP contribution in [0, 0.1) is 11.8 Å². The van der Waals surface area contributed by atoms with E-state index < -0.39 is 0 Å². The van der Waals surface area contributed by atoms with E-state index in [1.165, 1.54) is 0 Å². The van der Waals surface area contributed by atoms with Gasteiger partial charge in [0.1, 0.15) is 0 Å². The molecular formula is C18H26N2O2. The van der Waals surface area contributed by atoms with Crippen LogP contribution in [0.2, 0.25) is 0 Å². The normalized spacial score (nSPS) is 19.6. The maximum absolute atomic E-state index is 12.3. The average Bonchev–Trinajstić information content (AvgIpc) is 2.88. The number of rotatable bonds is 5. The Morgan fingerprint density at radius 1 is 1.32 bits per heavy atom. The van der Waals surface area contributed by atoms with E-state index >= 15 is 0 Å². The highest BCUT2D eigenvalue weighted by molar-refractivity contribution is 6.00. The molecule has 0 bridgehead atoms. The molecule has 2 amide bonds. The lowest BCUT2D eigenvalue weighted by atomic mass is 10.0. The molecule has 120 valence electrons. The second-order valence-electron chi connectivity index (χ2n) is 6.43. The van der Waals surface area contributed by atoms with Crippen molar-refractivity contribution in [2.45, 2.75) is 46.6 Å². The van der Waals surface area contributed by atoms with Crippen LogP contribution in [-0.2, 0) is 16.0 Å². The molecule has 1 heterocycles. The van der Waals surface area contributed by atoms with E-state index in [9.17, 15) is 9.59 Å². The molecule has 4 nitrogen and oxygen atoms in total. The van der Waals surface area contributed by atoms with E-state index in [0.717, 1.165) is 17.7 Å². The molecule has 1 aliphatic rings. The summed E-state index contributed by atoms with van der Waals surface area (Å²) in [5.74, 6) is 0.167. The maximum atomic E-state index is 12.3. The third-order valence-electron chi connectivity index (χ3n) is 4.53. The summed E-state index contributed by atoms with van der Waals surface area (Å²) >= 11 is 0. The third kappa shape index (κ3) is 3.49. The van der Waals surface area contributed by atoms with Gasteiger partial charge in [-0.2, -0.15) is 0 Å². The number of hydrogen-bond acceptors (Lipinski definition) is 2. The Kier molecular flexibility index (Phi) is 5.22. The van der Waals surface area contributed by atoms with Gasteiger partial charge in [0.2, 0.25) is 11.8 Å². The second-order valence-corrected chi connectivity index (χ2v) is 6.43. The Hall–Kier alpha value is -1.84. The molecule has 4 heteroatoms. The predicted octanol–water partition coefficient (Wildman–Crippen LogP) is 2.76. The van der Waals surface area contributed by atoms with Crippen molar-refractivity contribution in [2.75, 3.05) is 11.4 Å². The minimum atomic E-state index is -0.251. The van der Waals surface area contributed by atoms with Gasteiger partial charge >= 0.3 is 0 Å². The summed E-state index contributed by atoms with van der Waals surface area (Å²) < 4.78 is 0. The SMILES string of the molecule is CCc1ccccc1N1CC(C(=O)NC(C)C(C)C)CC1=O. The van der Waals surface area contributed by atoms with Gasteiger partial charge < -0.3 is 10.2 Å². The fraction of sp³-hybridized carbons (Fsp3) is 0.556. The van der Waals surface area contributed by atoms with Gasteiger partial charge in [-0.1, -0.05) is 39.0 Å². The molecule has 22 heavy (non-hydrogen) atoms. The fourth-order valence-electron chi connectivity index (χ4n) is 2.70. The molecule has 0 radical (unpaired) electrons. The number of nitrogens with one attached hydrogen (secondary N) is 1. The van der Waals surface area contributed by atoms with Crippen molar-refractivity contribution in [1.82, 2.24) is 5.32 Å². The van der Waals surface area contributed by atoms with E-state index in [1.54, 1.807) is 4.90 Å². The number of amides is 2. The van der Waals surface area contributed by atoms with Crippen LogP contribution >= 0.6 is 0 Å². The lowest BCUT2D eigenvalue weighted by Gasteiger charge is -2.21. The monoisotopic (exact) mass is 302 g/mol. The Bertz CT molecular complexity index is 554. The lowest BCUT2D eigenvalue weighted by molar-refractivity contribution is -0.127. The number of anilines is 1. The Morgan fingerprint density at radius 3 is 2.64 bits per heavy atom. The largest absolute Gasteiger partial charge is 0.353 e. The molecule has 2 atom stereocenters. The van der Waals surface area contributed by atoms with Crippen LogP contribution in [0.1, 0.15) is 39.7 Å². The molecule has 0 aliphatic carbocycles. The molecule has 1 aromatic rings. The summed E-state index contributed by atoms with van der Waals surface area (Å²) in [6.45, 7) is 8.72. The van der Waals surface area contributed by atoms with E-state index in [2.05, 4.69) is 26.1 Å². The lowest BCUT2D eigenvalue weighted by Crippen LogP contribution is -2.40. The quantitative estimate of drug-likeness (QED) is 0.909. The van der Waals surface area contributed by atoms with Crippen molar-refractivity contribution in [3.63, 3.8) is 0 Å². The number of para-hydroxylation sites is 1. The first-order valence-electron chi connectivity index (χ1n) is 8.12. The Morgan fingerprint density at radius 2 is 2.00 bits per heavy atom. The molecule has 1 aromatic carbocycles. The highest BCUT2D eigenvalue weighted by Gasteiger charge is 2.36. The molecule has 1 N–H and O–H groups in total. The van der Waals surface area contributed by atoms with Gasteiger partial charge in [0.05, 0.1) is 5.92 Å². The summed E-state index contributed by atoms with van der Waals surface area (Å²) in [4.78, 5) is 26.4. The molecular weight excluding hydrogens is 276 g/mol. The van der Waals surface area contributed by atoms with Gasteiger partial charge in [0.25, 0.3) is 0 Å². The number of aryl methyl sites for hydroxylation is 1. The van der Waals surface area contributed by atoms with Crippen molar-refractivity contribution in [3.8, 4) is 0 Å². The Balaban J connectivity index is 2.09. The zero-order chi connectivity index (χ0) is 16.3. The molecule has 2 rings (SSSR count). The highest BCUT2D eigenvalue weighted by Crippen LogP contribution is 2.28. The first kappa shape index (κ1) is 16.5. The van der Waals surface area contributed by atoms with Gasteiger partial charge in [-0.15, -0.1) is 0 Å². The fourth-order valence-corrected chi connectivity index (χ4v) is 2.70. The third-order valence-corrected chi connectivity index (χ3v) is 4.53. The first-order chi connectivity index (χ1) is 10.4. The molecule has 2 unspecified atom stereocenters. The molecule has 0 spiro atoms. The van der Waals surface area contributed by atoms with Crippen LogP contribution in [0.25, 0.3) is 0 Å². The zero-order valence-electron chi connectivity index (χ0n) is 13.9. The van der Waals surface area contributed by atoms with Crippen LogP contribution in [0.4, 0.5) is 5.69 Å². The van der Waals surface area contributed by atoms with E-state index in [0.29, 0.717) is 18.9 Å². The summed E-state index contributed by atoms with van der Waals surface area (Å²) in [5.41, 5.74) is 2.09. The standard InChI is InChI=1S/C18H26N2O2/c1-5-14-8-6-7-9-16(14)20-11-15(10-17(20)21)18(22)19-13(4)12(2)3/h6-9,12-13,15H,5,10-11H2,1-4H3,(H,19,22). The van der Waals surface area contributed by atoms with Crippen LogP contribution in [0.15, 0.2) is 24.3 Å². The van der Waals surface area contributed by atoms with Gasteiger partial charge in [-0.25, -0.2) is 0 Å². The molecule has 1 saturated heterocycles. The predicted molar refractivity (Wildman–Crippen MR) is 88.7 cm³/mol. The second kappa shape index (κ2) is 6.95. The number of hydrogen-bond donors (Lipinski definition) is 1.